The highest BCUT2D eigenvalue weighted by molar-refractivity contribution is 6.02. The second-order valence-corrected chi connectivity index (χ2v) is 3.33. The molecule has 14 heavy (non-hydrogen) atoms. The maximum atomic E-state index is 11.5. The number of hydrogen-bond donors (Lipinski definition) is 2. The monoisotopic (exact) mass is 197 g/mol. The number of nitrogens with one attached hydrogen (secondary N) is 1. The zero-order valence-corrected chi connectivity index (χ0v) is 8.30. The SMILES string of the molecule is CCNC(=O)C1=C(C(=O)O)CCCC1. The Morgan fingerprint density at radius 2 is 1.86 bits per heavy atom. The number of hydrogen-bond acceptors (Lipinski definition) is 2. The number of amides is 1. The Kier molecular flexibility index (Phi) is 3.68. The van der Waals surface area contributed by atoms with Crippen molar-refractivity contribution in [3.05, 3.63) is 11.1 Å². The molecule has 1 aliphatic carbocycles. The van der Waals surface area contributed by atoms with Crippen molar-refractivity contribution in [3.8, 4) is 0 Å². The average Bonchev–Trinajstić information content (AvgIpc) is 2.18. The molecule has 0 spiro atoms. The van der Waals surface area contributed by atoms with Crippen molar-refractivity contribution in [2.75, 3.05) is 6.54 Å². The lowest BCUT2D eigenvalue weighted by molar-refractivity contribution is -0.133. The molecular weight excluding hydrogens is 182 g/mol. The van der Waals surface area contributed by atoms with Crippen molar-refractivity contribution in [2.24, 2.45) is 0 Å². The minimum atomic E-state index is -0.953. The van der Waals surface area contributed by atoms with Crippen LogP contribution >= 0.6 is 0 Å². The van der Waals surface area contributed by atoms with Gasteiger partial charge in [-0.05, 0) is 32.6 Å². The first kappa shape index (κ1) is 10.8. The number of rotatable bonds is 3. The van der Waals surface area contributed by atoms with Gasteiger partial charge in [0, 0.05) is 17.7 Å². The van der Waals surface area contributed by atoms with Crippen LogP contribution in [0.5, 0.6) is 0 Å². The molecule has 4 heteroatoms. The zero-order chi connectivity index (χ0) is 10.6. The third-order valence-corrected chi connectivity index (χ3v) is 2.34. The highest BCUT2D eigenvalue weighted by Crippen LogP contribution is 2.24. The molecule has 0 aliphatic heterocycles. The number of carbonyl (C=O) groups excluding carboxylic acids is 1. The zero-order valence-electron chi connectivity index (χ0n) is 8.30. The first-order valence-electron chi connectivity index (χ1n) is 4.90. The Labute approximate surface area is 83.0 Å². The Bertz CT molecular complexity index is 281. The number of aliphatic carboxylic acids is 1. The Hall–Kier alpha value is -1.32. The molecular formula is C10H15NO3. The van der Waals surface area contributed by atoms with Crippen LogP contribution in [0.1, 0.15) is 32.6 Å². The summed E-state index contributed by atoms with van der Waals surface area (Å²) < 4.78 is 0. The van der Waals surface area contributed by atoms with E-state index in [4.69, 9.17) is 5.11 Å². The van der Waals surface area contributed by atoms with Gasteiger partial charge in [-0.25, -0.2) is 4.79 Å². The van der Waals surface area contributed by atoms with Crippen LogP contribution in [0.2, 0.25) is 0 Å². The van der Waals surface area contributed by atoms with Crippen molar-refractivity contribution in [1.29, 1.82) is 0 Å². The fourth-order valence-electron chi connectivity index (χ4n) is 1.66. The fourth-order valence-corrected chi connectivity index (χ4v) is 1.66. The van der Waals surface area contributed by atoms with Gasteiger partial charge in [-0.1, -0.05) is 0 Å². The molecule has 2 N–H and O–H groups in total. The van der Waals surface area contributed by atoms with Crippen molar-refractivity contribution in [2.45, 2.75) is 32.6 Å². The first-order chi connectivity index (χ1) is 6.66. The molecule has 0 aromatic carbocycles. The fraction of sp³-hybridized carbons (Fsp3) is 0.600. The van der Waals surface area contributed by atoms with Crippen molar-refractivity contribution in [3.63, 3.8) is 0 Å². The normalized spacial score (nSPS) is 16.6. The molecule has 0 aromatic heterocycles. The van der Waals surface area contributed by atoms with Gasteiger partial charge in [-0.2, -0.15) is 0 Å². The number of carboxylic acids is 1. The maximum Gasteiger partial charge on any atom is 0.332 e. The molecule has 4 nitrogen and oxygen atoms in total. The van der Waals surface area contributed by atoms with E-state index in [1.165, 1.54) is 0 Å². The van der Waals surface area contributed by atoms with E-state index in [1.807, 2.05) is 6.92 Å². The lowest BCUT2D eigenvalue weighted by Gasteiger charge is -2.16. The molecule has 1 aliphatic rings. The van der Waals surface area contributed by atoms with Crippen LogP contribution < -0.4 is 5.32 Å². The smallest absolute Gasteiger partial charge is 0.332 e. The minimum Gasteiger partial charge on any atom is -0.478 e. The van der Waals surface area contributed by atoms with E-state index in [-0.39, 0.29) is 5.91 Å². The summed E-state index contributed by atoms with van der Waals surface area (Å²) in [6.07, 6.45) is 2.88. The van der Waals surface area contributed by atoms with Gasteiger partial charge < -0.3 is 10.4 Å². The van der Waals surface area contributed by atoms with Crippen LogP contribution in [-0.2, 0) is 9.59 Å². The Morgan fingerprint density at radius 1 is 1.29 bits per heavy atom. The molecule has 0 atom stereocenters. The van der Waals surface area contributed by atoms with Crippen LogP contribution in [0, 0.1) is 0 Å². The van der Waals surface area contributed by atoms with Crippen LogP contribution in [0.3, 0.4) is 0 Å². The first-order valence-corrected chi connectivity index (χ1v) is 4.90. The third kappa shape index (κ3) is 2.34. The Morgan fingerprint density at radius 3 is 2.36 bits per heavy atom. The summed E-state index contributed by atoms with van der Waals surface area (Å²) >= 11 is 0. The van der Waals surface area contributed by atoms with Gasteiger partial charge in [0.15, 0.2) is 0 Å². The summed E-state index contributed by atoms with van der Waals surface area (Å²) in [5.41, 5.74) is 0.757. The van der Waals surface area contributed by atoms with Gasteiger partial charge in [0.2, 0.25) is 5.91 Å². The van der Waals surface area contributed by atoms with E-state index in [9.17, 15) is 9.59 Å². The van der Waals surface area contributed by atoms with E-state index in [0.717, 1.165) is 12.8 Å². The summed E-state index contributed by atoms with van der Waals surface area (Å²) in [4.78, 5) is 22.3. The van der Waals surface area contributed by atoms with E-state index >= 15 is 0 Å². The highest BCUT2D eigenvalue weighted by Gasteiger charge is 2.22. The van der Waals surface area contributed by atoms with Gasteiger partial charge in [0.1, 0.15) is 0 Å². The molecule has 0 saturated carbocycles. The van der Waals surface area contributed by atoms with Gasteiger partial charge >= 0.3 is 5.97 Å². The molecule has 1 amide bonds. The van der Waals surface area contributed by atoms with Gasteiger partial charge in [-0.3, -0.25) is 4.79 Å². The molecule has 0 unspecified atom stereocenters. The molecule has 1 rings (SSSR count). The summed E-state index contributed by atoms with van der Waals surface area (Å²) in [6.45, 7) is 2.36. The van der Waals surface area contributed by atoms with Crippen molar-refractivity contribution in [1.82, 2.24) is 5.32 Å². The van der Waals surface area contributed by atoms with Crippen molar-refractivity contribution >= 4 is 11.9 Å². The molecule has 0 heterocycles. The van der Waals surface area contributed by atoms with E-state index in [2.05, 4.69) is 5.32 Å². The van der Waals surface area contributed by atoms with E-state index < -0.39 is 5.97 Å². The molecule has 0 aromatic rings. The molecule has 0 bridgehead atoms. The average molecular weight is 197 g/mol. The maximum absolute atomic E-state index is 11.5. The van der Waals surface area contributed by atoms with E-state index in [1.54, 1.807) is 0 Å². The minimum absolute atomic E-state index is 0.218. The molecule has 0 saturated heterocycles. The molecule has 0 radical (unpaired) electrons. The highest BCUT2D eigenvalue weighted by atomic mass is 16.4. The van der Waals surface area contributed by atoms with Crippen molar-refractivity contribution < 1.29 is 14.7 Å². The van der Waals surface area contributed by atoms with Crippen LogP contribution in [0.15, 0.2) is 11.1 Å². The Balaban J connectivity index is 2.88. The topological polar surface area (TPSA) is 66.4 Å². The summed E-state index contributed by atoms with van der Waals surface area (Å²) in [6, 6.07) is 0. The van der Waals surface area contributed by atoms with Crippen LogP contribution in [0.25, 0.3) is 0 Å². The van der Waals surface area contributed by atoms with Gasteiger partial charge in [0.05, 0.1) is 0 Å². The standard InChI is InChI=1S/C10H15NO3/c1-2-11-9(12)7-5-3-4-6-8(7)10(13)14/h2-6H2,1H3,(H,11,12)(H,13,14). The molecule has 78 valence electrons. The molecule has 0 fully saturated rings. The van der Waals surface area contributed by atoms with Crippen LogP contribution in [0.4, 0.5) is 0 Å². The second-order valence-electron chi connectivity index (χ2n) is 3.33. The summed E-state index contributed by atoms with van der Waals surface area (Å²) in [5.74, 6) is -1.17. The van der Waals surface area contributed by atoms with Gasteiger partial charge in [0.25, 0.3) is 0 Å². The number of carbonyl (C=O) groups is 2. The predicted molar refractivity (Wildman–Crippen MR) is 51.8 cm³/mol. The largest absolute Gasteiger partial charge is 0.478 e. The number of likely N-dealkylation sites (N-methyl/N-ethyl adjacent to an activating group) is 1. The quantitative estimate of drug-likeness (QED) is 0.711. The summed E-state index contributed by atoms with van der Waals surface area (Å²) in [7, 11) is 0. The summed E-state index contributed by atoms with van der Waals surface area (Å²) in [5, 5.41) is 11.5. The predicted octanol–water partition coefficient (Wildman–Crippen LogP) is 1.08. The van der Waals surface area contributed by atoms with Gasteiger partial charge in [-0.15, -0.1) is 0 Å². The van der Waals surface area contributed by atoms with E-state index in [0.29, 0.717) is 30.5 Å². The second kappa shape index (κ2) is 4.79. The third-order valence-electron chi connectivity index (χ3n) is 2.34. The van der Waals surface area contributed by atoms with Crippen LogP contribution in [-0.4, -0.2) is 23.5 Å². The lowest BCUT2D eigenvalue weighted by Crippen LogP contribution is -2.27. The lowest BCUT2D eigenvalue weighted by atomic mass is 9.91. The number of carboxylic acid groups (broad SMARTS) is 1.